The third-order valence-electron chi connectivity index (χ3n) is 7.45. The number of hydrogen-bond donors (Lipinski definition) is 2. The van der Waals surface area contributed by atoms with Crippen LogP contribution in [0.25, 0.3) is 11.0 Å². The zero-order valence-electron chi connectivity index (χ0n) is 20.1. The smallest absolute Gasteiger partial charge is 0.266 e. The number of anilines is 1. The van der Waals surface area contributed by atoms with E-state index in [1.54, 1.807) is 0 Å². The van der Waals surface area contributed by atoms with E-state index in [1.807, 2.05) is 30.7 Å². The van der Waals surface area contributed by atoms with Crippen LogP contribution in [0.15, 0.2) is 36.3 Å². The summed E-state index contributed by atoms with van der Waals surface area (Å²) in [6.45, 7) is 4.81. The Labute approximate surface area is 206 Å². The molecule has 1 aliphatic carbocycles. The van der Waals surface area contributed by atoms with Crippen LogP contribution in [0.2, 0.25) is 0 Å². The third-order valence-corrected chi connectivity index (χ3v) is 7.45. The Bertz CT molecular complexity index is 1370. The molecule has 0 spiro atoms. The average Bonchev–Trinajstić information content (AvgIpc) is 3.50. The number of benzene rings is 1. The van der Waals surface area contributed by atoms with Crippen LogP contribution >= 0.6 is 0 Å². The van der Waals surface area contributed by atoms with Gasteiger partial charge in [-0.05, 0) is 74.1 Å². The molecule has 7 nitrogen and oxygen atoms in total. The van der Waals surface area contributed by atoms with Crippen LogP contribution in [-0.4, -0.2) is 39.1 Å². The van der Waals surface area contributed by atoms with Gasteiger partial charge in [-0.25, -0.2) is 23.1 Å². The molecule has 1 saturated heterocycles. The number of nitrogens with one attached hydrogen (secondary N) is 1. The van der Waals surface area contributed by atoms with E-state index in [0.29, 0.717) is 49.4 Å². The molecule has 3 aromatic rings. The molecule has 0 bridgehead atoms. The maximum Gasteiger partial charge on any atom is 0.266 e. The molecular weight excluding hydrogens is 471 g/mol. The number of alkyl halides is 2. The zero-order valence-corrected chi connectivity index (χ0v) is 20.1. The molecule has 0 amide bonds. The first-order chi connectivity index (χ1) is 17.2. The summed E-state index contributed by atoms with van der Waals surface area (Å²) in [6.07, 6.45) is 3.53. The lowest BCUT2D eigenvalue weighted by atomic mass is 9.89. The van der Waals surface area contributed by atoms with E-state index in [0.717, 1.165) is 22.1 Å². The summed E-state index contributed by atoms with van der Waals surface area (Å²) in [5.41, 5.74) is 9.21. The Kier molecular flexibility index (Phi) is 5.58. The fourth-order valence-electron chi connectivity index (χ4n) is 5.84. The van der Waals surface area contributed by atoms with Crippen molar-refractivity contribution in [2.75, 3.05) is 12.3 Å². The molecule has 2 aromatic heterocycles. The van der Waals surface area contributed by atoms with Crippen molar-refractivity contribution in [1.82, 2.24) is 19.9 Å². The van der Waals surface area contributed by atoms with Crippen LogP contribution in [0, 0.1) is 5.82 Å². The second kappa shape index (κ2) is 8.57. The van der Waals surface area contributed by atoms with Crippen molar-refractivity contribution in [3.05, 3.63) is 64.4 Å². The van der Waals surface area contributed by atoms with Crippen LogP contribution in [0.5, 0.6) is 0 Å². The van der Waals surface area contributed by atoms with Crippen LogP contribution in [-0.2, 0) is 28.9 Å². The second-order valence-electron chi connectivity index (χ2n) is 10.1. The second-order valence-corrected chi connectivity index (χ2v) is 10.1. The molecule has 10 heteroatoms. The third kappa shape index (κ3) is 3.79. The number of nitrogen functional groups attached to an aromatic ring is 1. The van der Waals surface area contributed by atoms with Crippen LogP contribution in [0.4, 0.5) is 19.0 Å². The minimum absolute atomic E-state index is 0.181. The normalized spacial score (nSPS) is 24.8. The lowest BCUT2D eigenvalue weighted by molar-refractivity contribution is -0.147. The molecule has 0 unspecified atom stereocenters. The minimum Gasteiger partial charge on any atom is -0.383 e. The van der Waals surface area contributed by atoms with E-state index < -0.39 is 23.6 Å². The fraction of sp³-hybridized carbons (Fsp3) is 0.462. The number of ether oxygens (including phenoxy) is 2. The Hall–Kier alpha value is -2.95. The number of fused-ring (bicyclic) bond motifs is 3. The Morgan fingerprint density at radius 1 is 1.22 bits per heavy atom. The summed E-state index contributed by atoms with van der Waals surface area (Å²) < 4.78 is 56.6. The number of halogens is 3. The van der Waals surface area contributed by atoms with Crippen molar-refractivity contribution in [2.45, 2.75) is 70.1 Å². The summed E-state index contributed by atoms with van der Waals surface area (Å²) in [5.74, 6) is -1.13. The van der Waals surface area contributed by atoms with Gasteiger partial charge in [-0.15, -0.1) is 0 Å². The number of aryl methyl sites for hydroxylation is 1. The van der Waals surface area contributed by atoms with Gasteiger partial charge in [-0.3, -0.25) is 0 Å². The van der Waals surface area contributed by atoms with Crippen molar-refractivity contribution in [1.29, 1.82) is 0 Å². The Morgan fingerprint density at radius 2 is 2.06 bits per heavy atom. The van der Waals surface area contributed by atoms with Crippen LogP contribution < -0.4 is 11.1 Å². The SMILES string of the molecule is CC1(C)O[C@@H]2[C@H](O1)C(CCc1cc(C(F)F)c(F)c3c1CNCC3)=C[C@H]2n1ccc2c(N)ncnc21. The van der Waals surface area contributed by atoms with Gasteiger partial charge >= 0.3 is 0 Å². The summed E-state index contributed by atoms with van der Waals surface area (Å²) in [7, 11) is 0. The maximum absolute atomic E-state index is 14.8. The Morgan fingerprint density at radius 3 is 2.86 bits per heavy atom. The van der Waals surface area contributed by atoms with Crippen molar-refractivity contribution in [3.63, 3.8) is 0 Å². The van der Waals surface area contributed by atoms with Gasteiger partial charge in [-0.1, -0.05) is 6.08 Å². The molecule has 3 aliphatic rings. The number of hydrogen-bond acceptors (Lipinski definition) is 6. The largest absolute Gasteiger partial charge is 0.383 e. The molecule has 2 aliphatic heterocycles. The van der Waals surface area contributed by atoms with Crippen molar-refractivity contribution in [3.8, 4) is 0 Å². The highest BCUT2D eigenvalue weighted by Crippen LogP contribution is 2.45. The van der Waals surface area contributed by atoms with Gasteiger partial charge in [0.1, 0.15) is 35.8 Å². The predicted molar refractivity (Wildman–Crippen MR) is 128 cm³/mol. The predicted octanol–water partition coefficient (Wildman–Crippen LogP) is 4.37. The number of nitrogens with zero attached hydrogens (tertiary/aromatic N) is 3. The molecule has 1 aromatic carbocycles. The maximum atomic E-state index is 14.8. The van der Waals surface area contributed by atoms with Gasteiger partial charge < -0.3 is 25.1 Å². The van der Waals surface area contributed by atoms with E-state index in [-0.39, 0.29) is 18.2 Å². The summed E-state index contributed by atoms with van der Waals surface area (Å²) >= 11 is 0. The molecule has 3 atom stereocenters. The standard InChI is InChI=1S/C26H28F3N5O2/c1-26(2)35-21-14(4-3-13-9-17(23(28)29)20(27)15-5-7-31-11-18(13)15)10-19(22(21)36-26)34-8-6-16-24(30)32-12-33-25(16)34/h6,8-10,12,19,21-23,31H,3-5,7,11H2,1-2H3,(H2,30,32,33)/t19-,21-,22+/m1/s1. The van der Waals surface area contributed by atoms with Crippen molar-refractivity contribution < 1.29 is 22.6 Å². The lowest BCUT2D eigenvalue weighted by Crippen LogP contribution is -2.28. The highest BCUT2D eigenvalue weighted by atomic mass is 19.3. The van der Waals surface area contributed by atoms with E-state index in [4.69, 9.17) is 15.2 Å². The first-order valence-corrected chi connectivity index (χ1v) is 12.2. The molecule has 1 fully saturated rings. The lowest BCUT2D eigenvalue weighted by Gasteiger charge is -2.24. The van der Waals surface area contributed by atoms with Gasteiger partial charge in [0.2, 0.25) is 0 Å². The van der Waals surface area contributed by atoms with Gasteiger partial charge in [0.05, 0.1) is 17.0 Å². The number of nitrogens with two attached hydrogens (primary N) is 1. The molecule has 6 rings (SSSR count). The topological polar surface area (TPSA) is 87.2 Å². The highest BCUT2D eigenvalue weighted by molar-refractivity contribution is 5.86. The van der Waals surface area contributed by atoms with E-state index in [2.05, 4.69) is 21.4 Å². The van der Waals surface area contributed by atoms with E-state index in [9.17, 15) is 13.2 Å². The Balaban J connectivity index is 1.35. The average molecular weight is 500 g/mol. The van der Waals surface area contributed by atoms with Gasteiger partial charge in [0.25, 0.3) is 6.43 Å². The molecule has 0 saturated carbocycles. The highest BCUT2D eigenvalue weighted by Gasteiger charge is 2.50. The molecule has 4 heterocycles. The summed E-state index contributed by atoms with van der Waals surface area (Å²) in [6, 6.07) is 3.04. The molecule has 190 valence electrons. The zero-order chi connectivity index (χ0) is 25.2. The van der Waals surface area contributed by atoms with Crippen molar-refractivity contribution in [2.24, 2.45) is 0 Å². The van der Waals surface area contributed by atoms with Crippen molar-refractivity contribution >= 4 is 16.9 Å². The van der Waals surface area contributed by atoms with Crippen LogP contribution in [0.1, 0.15) is 55.0 Å². The quantitative estimate of drug-likeness (QED) is 0.507. The minimum atomic E-state index is -2.85. The number of aromatic nitrogens is 3. The number of rotatable bonds is 5. The first-order valence-electron chi connectivity index (χ1n) is 12.2. The first kappa shape index (κ1) is 23.4. The molecular formula is C26H28F3N5O2. The van der Waals surface area contributed by atoms with Gasteiger partial charge in [0.15, 0.2) is 5.79 Å². The summed E-state index contributed by atoms with van der Waals surface area (Å²) in [5, 5.41) is 4.00. The van der Waals surface area contributed by atoms with Gasteiger partial charge in [-0.2, -0.15) is 0 Å². The monoisotopic (exact) mass is 499 g/mol. The molecule has 36 heavy (non-hydrogen) atoms. The summed E-state index contributed by atoms with van der Waals surface area (Å²) in [4.78, 5) is 8.50. The fourth-order valence-corrected chi connectivity index (χ4v) is 5.84. The molecule has 3 N–H and O–H groups in total. The van der Waals surface area contributed by atoms with Crippen LogP contribution in [0.3, 0.4) is 0 Å². The van der Waals surface area contributed by atoms with Gasteiger partial charge in [0, 0.05) is 12.7 Å². The van der Waals surface area contributed by atoms with E-state index in [1.165, 1.54) is 12.4 Å². The van der Waals surface area contributed by atoms with E-state index >= 15 is 0 Å². The molecule has 0 radical (unpaired) electrons.